The lowest BCUT2D eigenvalue weighted by atomic mass is 9.96. The molecule has 0 amide bonds. The van der Waals surface area contributed by atoms with Gasteiger partial charge in [-0.05, 0) is 12.3 Å². The molecule has 1 aliphatic rings. The summed E-state index contributed by atoms with van der Waals surface area (Å²) >= 11 is 0. The van der Waals surface area contributed by atoms with E-state index < -0.39 is 0 Å². The number of pyridine rings is 1. The molecule has 6 nitrogen and oxygen atoms in total. The molecule has 0 spiro atoms. The van der Waals surface area contributed by atoms with Gasteiger partial charge in [0.05, 0.1) is 11.9 Å². The predicted molar refractivity (Wildman–Crippen MR) is 83.3 cm³/mol. The van der Waals surface area contributed by atoms with Crippen molar-refractivity contribution in [3.8, 4) is 6.07 Å². The second kappa shape index (κ2) is 6.20. The molecular weight excluding hydrogens is 288 g/mol. The monoisotopic (exact) mass is 304 g/mol. The van der Waals surface area contributed by atoms with Crippen LogP contribution in [0.1, 0.15) is 19.0 Å². The van der Waals surface area contributed by atoms with Crippen molar-refractivity contribution < 1.29 is 0 Å². The second-order valence-corrected chi connectivity index (χ2v) is 5.36. The lowest BCUT2D eigenvalue weighted by Crippen LogP contribution is -2.46. The minimum atomic E-state index is 0. The van der Waals surface area contributed by atoms with Gasteiger partial charge in [-0.3, -0.25) is 4.98 Å². The Morgan fingerprint density at radius 1 is 1.24 bits per heavy atom. The van der Waals surface area contributed by atoms with Gasteiger partial charge in [0.1, 0.15) is 17.1 Å². The Morgan fingerprint density at radius 2 is 1.95 bits per heavy atom. The fourth-order valence-corrected chi connectivity index (χ4v) is 2.86. The van der Waals surface area contributed by atoms with Gasteiger partial charge in [-0.2, -0.15) is 5.26 Å². The topological polar surface area (TPSA) is 91.7 Å². The van der Waals surface area contributed by atoms with Crippen LogP contribution in [0.3, 0.4) is 0 Å². The predicted octanol–water partition coefficient (Wildman–Crippen LogP) is 1.49. The number of piperidine rings is 1. The molecule has 2 N–H and O–H groups in total. The number of fused-ring (bicyclic) bond motifs is 1. The number of nitrogens with zero attached hydrogens (tertiary/aromatic N) is 5. The van der Waals surface area contributed by atoms with Crippen LogP contribution in [0.4, 0.5) is 5.69 Å². The molecule has 0 bridgehead atoms. The third kappa shape index (κ3) is 2.89. The fourth-order valence-electron chi connectivity index (χ4n) is 2.86. The first kappa shape index (κ1) is 15.4. The molecule has 0 aliphatic carbocycles. The molecule has 2 aromatic rings. The highest BCUT2D eigenvalue weighted by atomic mass is 35.5. The summed E-state index contributed by atoms with van der Waals surface area (Å²) in [6.45, 7) is 3.90. The Bertz CT molecular complexity index is 673. The Hall–Kier alpha value is -1.97. The van der Waals surface area contributed by atoms with Gasteiger partial charge < -0.3 is 10.6 Å². The number of nitriles is 1. The van der Waals surface area contributed by atoms with Crippen molar-refractivity contribution in [2.24, 2.45) is 11.7 Å². The maximum Gasteiger partial charge on any atom is 0.168 e. The number of rotatable bonds is 1. The van der Waals surface area contributed by atoms with Gasteiger partial charge in [-0.1, -0.05) is 6.92 Å². The lowest BCUT2D eigenvalue weighted by Gasteiger charge is -2.36. The highest BCUT2D eigenvalue weighted by Crippen LogP contribution is 2.28. The van der Waals surface area contributed by atoms with Crippen molar-refractivity contribution in [2.75, 3.05) is 18.0 Å². The zero-order valence-electron chi connectivity index (χ0n) is 11.7. The Morgan fingerprint density at radius 3 is 2.62 bits per heavy atom. The van der Waals surface area contributed by atoms with Crippen molar-refractivity contribution in [3.63, 3.8) is 0 Å². The van der Waals surface area contributed by atoms with Crippen molar-refractivity contribution in [1.82, 2.24) is 15.0 Å². The largest absolute Gasteiger partial charge is 0.367 e. The highest BCUT2D eigenvalue weighted by molar-refractivity contribution is 5.90. The minimum Gasteiger partial charge on any atom is -0.367 e. The first-order valence-corrected chi connectivity index (χ1v) is 6.69. The summed E-state index contributed by atoms with van der Waals surface area (Å²) in [5, 5.41) is 9.11. The van der Waals surface area contributed by atoms with Gasteiger partial charge in [-0.25, -0.2) is 9.97 Å². The summed E-state index contributed by atoms with van der Waals surface area (Å²) in [5.74, 6) is 0.529. The van der Waals surface area contributed by atoms with Crippen LogP contribution in [0.15, 0.2) is 18.6 Å². The van der Waals surface area contributed by atoms with Crippen molar-refractivity contribution >= 4 is 29.1 Å². The van der Waals surface area contributed by atoms with Gasteiger partial charge in [0.25, 0.3) is 0 Å². The van der Waals surface area contributed by atoms with Crippen LogP contribution in [0.2, 0.25) is 0 Å². The Kier molecular flexibility index (Phi) is 4.56. The maximum atomic E-state index is 9.11. The van der Waals surface area contributed by atoms with Crippen LogP contribution in [0.25, 0.3) is 11.0 Å². The van der Waals surface area contributed by atoms with Crippen LogP contribution >= 0.6 is 12.4 Å². The van der Waals surface area contributed by atoms with E-state index in [0.29, 0.717) is 17.1 Å². The molecule has 2 atom stereocenters. The molecule has 1 aliphatic heterocycles. The van der Waals surface area contributed by atoms with E-state index in [1.807, 2.05) is 0 Å². The molecule has 0 aromatic carbocycles. The van der Waals surface area contributed by atoms with Crippen LogP contribution < -0.4 is 10.6 Å². The number of halogens is 1. The van der Waals surface area contributed by atoms with Gasteiger partial charge in [0, 0.05) is 31.5 Å². The van der Waals surface area contributed by atoms with Gasteiger partial charge in [0.15, 0.2) is 5.69 Å². The van der Waals surface area contributed by atoms with Gasteiger partial charge >= 0.3 is 0 Å². The summed E-state index contributed by atoms with van der Waals surface area (Å²) in [5.41, 5.74) is 8.60. The highest BCUT2D eigenvalue weighted by Gasteiger charge is 2.24. The summed E-state index contributed by atoms with van der Waals surface area (Å²) in [7, 11) is 0. The van der Waals surface area contributed by atoms with E-state index in [4.69, 9.17) is 11.0 Å². The molecule has 3 heterocycles. The van der Waals surface area contributed by atoms with Crippen LogP contribution in [0.5, 0.6) is 0 Å². The zero-order chi connectivity index (χ0) is 14.1. The molecule has 110 valence electrons. The molecule has 3 rings (SSSR count). The van der Waals surface area contributed by atoms with E-state index in [1.165, 1.54) is 0 Å². The van der Waals surface area contributed by atoms with E-state index in [2.05, 4.69) is 32.8 Å². The number of nitrogens with two attached hydrogens (primary N) is 1. The minimum absolute atomic E-state index is 0. The summed E-state index contributed by atoms with van der Waals surface area (Å²) in [4.78, 5) is 15.0. The van der Waals surface area contributed by atoms with E-state index >= 15 is 0 Å². The molecule has 2 aromatic heterocycles. The fraction of sp³-hybridized carbons (Fsp3) is 0.429. The quantitative estimate of drug-likeness (QED) is 0.858. The molecule has 1 fully saturated rings. The number of anilines is 1. The smallest absolute Gasteiger partial charge is 0.168 e. The number of hydrogen-bond donors (Lipinski definition) is 1. The van der Waals surface area contributed by atoms with E-state index in [1.54, 1.807) is 18.6 Å². The lowest BCUT2D eigenvalue weighted by molar-refractivity contribution is 0.402. The second-order valence-electron chi connectivity index (χ2n) is 5.36. The summed E-state index contributed by atoms with van der Waals surface area (Å²) in [6, 6.07) is 2.21. The van der Waals surface area contributed by atoms with Gasteiger partial charge in [-0.15, -0.1) is 12.4 Å². The molecular formula is C14H17ClN6. The van der Waals surface area contributed by atoms with Crippen LogP contribution in [0, 0.1) is 17.2 Å². The average Bonchev–Trinajstić information content (AvgIpc) is 2.45. The molecule has 21 heavy (non-hydrogen) atoms. The summed E-state index contributed by atoms with van der Waals surface area (Å²) < 4.78 is 0. The SMILES string of the molecule is C[C@H]1C[C@@H](N)CN(c2cnc(C#N)c3nccnc23)C1.Cl. The summed E-state index contributed by atoms with van der Waals surface area (Å²) in [6.07, 6.45) is 5.96. The number of hydrogen-bond acceptors (Lipinski definition) is 6. The van der Waals surface area contributed by atoms with Crippen LogP contribution in [-0.4, -0.2) is 34.1 Å². The molecule has 0 saturated carbocycles. The third-order valence-corrected chi connectivity index (χ3v) is 3.62. The van der Waals surface area contributed by atoms with E-state index in [-0.39, 0.29) is 18.4 Å². The standard InChI is InChI=1S/C14H16N6.ClH/c1-9-4-10(16)8-20(7-9)12-6-19-11(5-15)13-14(12)18-3-2-17-13;/h2-3,6,9-10H,4,7-8,16H2,1H3;1H/t9-,10+;/m0./s1. The van der Waals surface area contributed by atoms with E-state index in [0.717, 1.165) is 30.7 Å². The molecule has 1 saturated heterocycles. The molecule has 7 heteroatoms. The third-order valence-electron chi connectivity index (χ3n) is 3.62. The van der Waals surface area contributed by atoms with Crippen molar-refractivity contribution in [1.29, 1.82) is 5.26 Å². The van der Waals surface area contributed by atoms with Gasteiger partial charge in [0.2, 0.25) is 0 Å². The van der Waals surface area contributed by atoms with Crippen molar-refractivity contribution in [2.45, 2.75) is 19.4 Å². The van der Waals surface area contributed by atoms with E-state index in [9.17, 15) is 0 Å². The first-order chi connectivity index (χ1) is 9.69. The number of aromatic nitrogens is 3. The van der Waals surface area contributed by atoms with Crippen molar-refractivity contribution in [3.05, 3.63) is 24.3 Å². The van der Waals surface area contributed by atoms with Crippen LogP contribution in [-0.2, 0) is 0 Å². The average molecular weight is 305 g/mol. The Labute approximate surface area is 129 Å². The first-order valence-electron chi connectivity index (χ1n) is 6.69. The maximum absolute atomic E-state index is 9.11. The Balaban J connectivity index is 0.00000161. The molecule has 0 radical (unpaired) electrons. The zero-order valence-corrected chi connectivity index (χ0v) is 12.5. The molecule has 0 unspecified atom stereocenters. The normalized spacial score (nSPS) is 21.7.